The number of thiocarbonyl (C=S) groups is 1. The molecule has 2 rings (SSSR count). The van der Waals surface area contributed by atoms with Gasteiger partial charge in [-0.2, -0.15) is 0 Å². The highest BCUT2D eigenvalue weighted by molar-refractivity contribution is 7.80. The van der Waals surface area contributed by atoms with Crippen molar-refractivity contribution in [1.29, 1.82) is 0 Å². The van der Waals surface area contributed by atoms with E-state index in [0.29, 0.717) is 0 Å². The summed E-state index contributed by atoms with van der Waals surface area (Å²) in [6, 6.07) is 13.5. The summed E-state index contributed by atoms with van der Waals surface area (Å²) in [5.41, 5.74) is 6.58. The highest BCUT2D eigenvalue weighted by atomic mass is 32.1. The number of hydrogen-bond donors (Lipinski definition) is 2. The smallest absolute Gasteiger partial charge is 0.234 e. The van der Waals surface area contributed by atoms with Gasteiger partial charge in [-0.1, -0.05) is 48.6 Å². The Morgan fingerprint density at radius 3 is 2.57 bits per heavy atom. The molecular weight excluding hydrogens is 300 g/mol. The predicted molar refractivity (Wildman–Crippen MR) is 91.6 cm³/mol. The van der Waals surface area contributed by atoms with Crippen molar-refractivity contribution < 1.29 is 4.79 Å². The Morgan fingerprint density at radius 2 is 2.00 bits per heavy atom. The summed E-state index contributed by atoms with van der Waals surface area (Å²) < 4.78 is 0. The Labute approximate surface area is 134 Å². The Balaban J connectivity index is 2.04. The van der Waals surface area contributed by atoms with Crippen molar-refractivity contribution in [2.75, 3.05) is 0 Å². The second-order valence-electron chi connectivity index (χ2n) is 4.94. The number of amides is 1. The van der Waals surface area contributed by atoms with Gasteiger partial charge in [0.15, 0.2) is 0 Å². The quantitative estimate of drug-likeness (QED) is 0.805. The van der Waals surface area contributed by atoms with Gasteiger partial charge < -0.3 is 11.1 Å². The fraction of sp³-hybridized carbons (Fsp3) is 0.250. The van der Waals surface area contributed by atoms with E-state index in [2.05, 4.69) is 11.4 Å². The number of hydrogen-bond acceptors (Lipinski definition) is 3. The Bertz CT molecular complexity index is 596. The highest BCUT2D eigenvalue weighted by Crippen LogP contribution is 2.17. The third-order valence-electron chi connectivity index (χ3n) is 3.16. The summed E-state index contributed by atoms with van der Waals surface area (Å²) in [5.74, 6) is -0.718. The van der Waals surface area contributed by atoms with Gasteiger partial charge >= 0.3 is 0 Å². The third-order valence-corrected chi connectivity index (χ3v) is 4.29. The first-order valence-electron chi connectivity index (χ1n) is 6.75. The molecule has 0 aliphatic rings. The van der Waals surface area contributed by atoms with Crippen LogP contribution in [-0.4, -0.2) is 16.9 Å². The van der Waals surface area contributed by atoms with Crippen molar-refractivity contribution in [2.24, 2.45) is 5.73 Å². The Morgan fingerprint density at radius 1 is 1.29 bits per heavy atom. The number of nitrogens with one attached hydrogen (secondary N) is 1. The van der Waals surface area contributed by atoms with Gasteiger partial charge in [-0.3, -0.25) is 4.79 Å². The van der Waals surface area contributed by atoms with Crippen LogP contribution in [-0.2, 0) is 11.2 Å². The molecule has 2 unspecified atom stereocenters. The van der Waals surface area contributed by atoms with E-state index in [0.717, 1.165) is 12.0 Å². The summed E-state index contributed by atoms with van der Waals surface area (Å²) in [6.07, 6.45) is 0.808. The molecular formula is C16H18N2OS2. The lowest BCUT2D eigenvalue weighted by Gasteiger charge is -2.19. The average Bonchev–Trinajstić information content (AvgIpc) is 2.92. The van der Waals surface area contributed by atoms with Crippen LogP contribution in [0.1, 0.15) is 23.3 Å². The molecule has 0 aliphatic carbocycles. The maximum Gasteiger partial charge on any atom is 0.234 e. The molecule has 0 spiro atoms. The Hall–Kier alpha value is -1.72. The van der Waals surface area contributed by atoms with Gasteiger partial charge in [-0.25, -0.2) is 0 Å². The lowest BCUT2D eigenvalue weighted by Crippen LogP contribution is -2.41. The van der Waals surface area contributed by atoms with Crippen LogP contribution in [0, 0.1) is 0 Å². The lowest BCUT2D eigenvalue weighted by molar-refractivity contribution is -0.121. The molecule has 0 aliphatic heterocycles. The first kappa shape index (κ1) is 15.7. The molecule has 0 fully saturated rings. The maximum atomic E-state index is 12.4. The van der Waals surface area contributed by atoms with Crippen LogP contribution in [0.4, 0.5) is 0 Å². The summed E-state index contributed by atoms with van der Waals surface area (Å²) >= 11 is 6.75. The van der Waals surface area contributed by atoms with Crippen LogP contribution in [0.2, 0.25) is 0 Å². The highest BCUT2D eigenvalue weighted by Gasteiger charge is 2.24. The molecule has 110 valence electrons. The number of nitrogens with two attached hydrogens (primary N) is 1. The first-order chi connectivity index (χ1) is 10.1. The molecule has 1 aromatic carbocycles. The molecule has 1 heterocycles. The largest absolute Gasteiger partial charge is 0.392 e. The topological polar surface area (TPSA) is 55.1 Å². The zero-order valence-electron chi connectivity index (χ0n) is 11.8. The molecule has 2 aromatic rings. The SMILES string of the molecule is CC(Cc1cccs1)NC(=O)C(C(N)=S)c1ccccc1. The van der Waals surface area contributed by atoms with Gasteiger partial charge in [0, 0.05) is 17.3 Å². The molecule has 21 heavy (non-hydrogen) atoms. The fourth-order valence-corrected chi connectivity index (χ4v) is 3.28. The molecule has 0 bridgehead atoms. The summed E-state index contributed by atoms with van der Waals surface area (Å²) in [4.78, 5) is 13.9. The minimum Gasteiger partial charge on any atom is -0.392 e. The molecule has 1 amide bonds. The lowest BCUT2D eigenvalue weighted by atomic mass is 9.97. The third kappa shape index (κ3) is 4.37. The minimum absolute atomic E-state index is 0.0386. The summed E-state index contributed by atoms with van der Waals surface area (Å²) in [7, 11) is 0. The van der Waals surface area contributed by atoms with E-state index in [-0.39, 0.29) is 16.9 Å². The second-order valence-corrected chi connectivity index (χ2v) is 6.44. The standard InChI is InChI=1S/C16H18N2OS2/c1-11(10-13-8-5-9-21-13)18-16(19)14(15(17)20)12-6-3-2-4-7-12/h2-9,11,14H,10H2,1H3,(H2,17,20)(H,18,19). The molecule has 1 aromatic heterocycles. The van der Waals surface area contributed by atoms with E-state index in [1.165, 1.54) is 4.88 Å². The van der Waals surface area contributed by atoms with Crippen molar-refractivity contribution in [3.63, 3.8) is 0 Å². The van der Waals surface area contributed by atoms with Crippen LogP contribution >= 0.6 is 23.6 Å². The molecule has 2 atom stereocenters. The molecule has 3 N–H and O–H groups in total. The molecule has 0 saturated carbocycles. The normalized spacial score (nSPS) is 13.4. The Kier molecular flexibility index (Phi) is 5.47. The van der Waals surface area contributed by atoms with Crippen LogP contribution in [0.15, 0.2) is 47.8 Å². The zero-order valence-corrected chi connectivity index (χ0v) is 13.4. The van der Waals surface area contributed by atoms with Crippen molar-refractivity contribution in [1.82, 2.24) is 5.32 Å². The minimum atomic E-state index is -0.577. The van der Waals surface area contributed by atoms with Gasteiger partial charge in [0.05, 0.1) is 4.99 Å². The van der Waals surface area contributed by atoms with Gasteiger partial charge in [-0.15, -0.1) is 11.3 Å². The van der Waals surface area contributed by atoms with Crippen molar-refractivity contribution in [3.8, 4) is 0 Å². The van der Waals surface area contributed by atoms with E-state index >= 15 is 0 Å². The number of thiophene rings is 1. The number of benzene rings is 1. The van der Waals surface area contributed by atoms with Crippen molar-refractivity contribution in [3.05, 3.63) is 58.3 Å². The van der Waals surface area contributed by atoms with E-state index in [9.17, 15) is 4.79 Å². The predicted octanol–water partition coefficient (Wildman–Crippen LogP) is 2.87. The van der Waals surface area contributed by atoms with Gasteiger partial charge in [0.1, 0.15) is 5.92 Å². The average molecular weight is 318 g/mol. The molecule has 0 saturated heterocycles. The van der Waals surface area contributed by atoms with Crippen LogP contribution in [0.3, 0.4) is 0 Å². The van der Waals surface area contributed by atoms with Gasteiger partial charge in [0.2, 0.25) is 5.91 Å². The van der Waals surface area contributed by atoms with Gasteiger partial charge in [0.25, 0.3) is 0 Å². The fourth-order valence-electron chi connectivity index (χ4n) is 2.20. The molecule has 3 nitrogen and oxygen atoms in total. The summed E-state index contributed by atoms with van der Waals surface area (Å²) in [6.45, 7) is 1.99. The maximum absolute atomic E-state index is 12.4. The monoisotopic (exact) mass is 318 g/mol. The van der Waals surface area contributed by atoms with E-state index in [1.807, 2.05) is 48.7 Å². The van der Waals surface area contributed by atoms with E-state index in [4.69, 9.17) is 18.0 Å². The van der Waals surface area contributed by atoms with Crippen LogP contribution < -0.4 is 11.1 Å². The zero-order chi connectivity index (χ0) is 15.2. The van der Waals surface area contributed by atoms with E-state index < -0.39 is 5.92 Å². The molecule has 0 radical (unpaired) electrons. The number of rotatable bonds is 6. The second kappa shape index (κ2) is 7.33. The number of carbonyl (C=O) groups excluding carboxylic acids is 1. The first-order valence-corrected chi connectivity index (χ1v) is 8.03. The van der Waals surface area contributed by atoms with Crippen molar-refractivity contribution in [2.45, 2.75) is 25.3 Å². The summed E-state index contributed by atoms with van der Waals surface area (Å²) in [5, 5.41) is 5.03. The van der Waals surface area contributed by atoms with E-state index in [1.54, 1.807) is 11.3 Å². The van der Waals surface area contributed by atoms with Gasteiger partial charge in [-0.05, 0) is 23.9 Å². The van der Waals surface area contributed by atoms with Crippen LogP contribution in [0.25, 0.3) is 0 Å². The van der Waals surface area contributed by atoms with Crippen LogP contribution in [0.5, 0.6) is 0 Å². The molecule has 5 heteroatoms. The van der Waals surface area contributed by atoms with Crippen molar-refractivity contribution >= 4 is 34.5 Å². The number of carbonyl (C=O) groups is 1.